The normalized spacial score (nSPS) is 16.5. The quantitative estimate of drug-likeness (QED) is 0.727. The van der Waals surface area contributed by atoms with Gasteiger partial charge < -0.3 is 14.9 Å². The second-order valence-electron chi connectivity index (χ2n) is 5.67. The van der Waals surface area contributed by atoms with Crippen molar-refractivity contribution in [2.24, 2.45) is 0 Å². The van der Waals surface area contributed by atoms with E-state index in [1.165, 1.54) is 0 Å². The summed E-state index contributed by atoms with van der Waals surface area (Å²) < 4.78 is 5.49. The molecule has 1 aromatic carbocycles. The zero-order valence-corrected chi connectivity index (χ0v) is 13.2. The average Bonchev–Trinajstić information content (AvgIpc) is 2.38. The van der Waals surface area contributed by atoms with Crippen molar-refractivity contribution in [3.63, 3.8) is 0 Å². The third-order valence-electron chi connectivity index (χ3n) is 3.90. The first-order valence-electron chi connectivity index (χ1n) is 7.51. The highest BCUT2D eigenvalue weighted by molar-refractivity contribution is 6.31. The van der Waals surface area contributed by atoms with Gasteiger partial charge in [-0.1, -0.05) is 36.2 Å². The molecule has 2 rings (SSSR count). The van der Waals surface area contributed by atoms with Gasteiger partial charge in [-0.15, -0.1) is 0 Å². The van der Waals surface area contributed by atoms with Gasteiger partial charge in [-0.05, 0) is 24.5 Å². The molecule has 1 fully saturated rings. The van der Waals surface area contributed by atoms with Gasteiger partial charge in [-0.3, -0.25) is 9.69 Å². The summed E-state index contributed by atoms with van der Waals surface area (Å²) in [7, 11) is 0. The number of benzene rings is 1. The average molecular weight is 328 g/mol. The molecule has 5 nitrogen and oxygen atoms in total. The summed E-state index contributed by atoms with van der Waals surface area (Å²) in [4.78, 5) is 12.7. The number of aliphatic hydroxyl groups excluding tert-OH is 1. The Kier molecular flexibility index (Phi) is 6.64. The first kappa shape index (κ1) is 17.2. The molecule has 0 saturated heterocycles. The van der Waals surface area contributed by atoms with E-state index in [0.29, 0.717) is 18.2 Å². The van der Waals surface area contributed by atoms with Crippen molar-refractivity contribution in [1.29, 1.82) is 0 Å². The number of hydrogen-bond donors (Lipinski definition) is 2. The van der Waals surface area contributed by atoms with Gasteiger partial charge in [0.1, 0.15) is 0 Å². The van der Waals surface area contributed by atoms with Crippen LogP contribution in [-0.4, -0.2) is 52.9 Å². The number of carboxylic acids is 1. The van der Waals surface area contributed by atoms with E-state index in [4.69, 9.17) is 21.4 Å². The molecule has 0 heterocycles. The summed E-state index contributed by atoms with van der Waals surface area (Å²) in [5.74, 6) is -0.865. The summed E-state index contributed by atoms with van der Waals surface area (Å²) >= 11 is 6.03. The van der Waals surface area contributed by atoms with E-state index in [1.807, 2.05) is 23.1 Å². The first-order valence-corrected chi connectivity index (χ1v) is 7.89. The highest BCUT2D eigenvalue weighted by atomic mass is 35.5. The molecule has 0 radical (unpaired) electrons. The molecule has 1 atom stereocenters. The Labute approximate surface area is 135 Å². The SMILES string of the molecule is O=C(O)CN(CC(O)COCc1ccccc1Cl)C1CCC1. The van der Waals surface area contributed by atoms with Crippen LogP contribution in [0.2, 0.25) is 5.02 Å². The number of hydrogen-bond acceptors (Lipinski definition) is 4. The molecular weight excluding hydrogens is 306 g/mol. The third kappa shape index (κ3) is 5.25. The van der Waals surface area contributed by atoms with Crippen molar-refractivity contribution in [1.82, 2.24) is 4.90 Å². The predicted molar refractivity (Wildman–Crippen MR) is 84.0 cm³/mol. The van der Waals surface area contributed by atoms with E-state index in [0.717, 1.165) is 24.8 Å². The molecule has 0 amide bonds. The molecule has 0 bridgehead atoms. The van der Waals surface area contributed by atoms with Crippen LogP contribution in [0.1, 0.15) is 24.8 Å². The Balaban J connectivity index is 1.74. The van der Waals surface area contributed by atoms with E-state index in [9.17, 15) is 9.90 Å². The Hall–Kier alpha value is -1.14. The third-order valence-corrected chi connectivity index (χ3v) is 4.27. The Morgan fingerprint density at radius 3 is 2.73 bits per heavy atom. The van der Waals surface area contributed by atoms with Gasteiger partial charge in [-0.2, -0.15) is 0 Å². The van der Waals surface area contributed by atoms with Gasteiger partial charge >= 0.3 is 5.97 Å². The van der Waals surface area contributed by atoms with Gasteiger partial charge in [-0.25, -0.2) is 0 Å². The standard InChI is InChI=1S/C16H22ClNO4/c17-15-7-2-1-4-12(15)10-22-11-14(19)8-18(9-16(20)21)13-5-3-6-13/h1-2,4,7,13-14,19H,3,5-6,8-11H2,(H,20,21). The number of aliphatic hydroxyl groups is 1. The zero-order valence-electron chi connectivity index (χ0n) is 12.4. The van der Waals surface area contributed by atoms with Crippen molar-refractivity contribution in [3.8, 4) is 0 Å². The monoisotopic (exact) mass is 327 g/mol. The number of halogens is 1. The first-order chi connectivity index (χ1) is 10.6. The molecule has 0 aromatic heterocycles. The molecule has 122 valence electrons. The molecule has 1 aliphatic carbocycles. The van der Waals surface area contributed by atoms with Gasteiger partial charge in [0, 0.05) is 17.6 Å². The molecule has 2 N–H and O–H groups in total. The highest BCUT2D eigenvalue weighted by Crippen LogP contribution is 2.24. The summed E-state index contributed by atoms with van der Waals surface area (Å²) in [6.07, 6.45) is 2.42. The van der Waals surface area contributed by atoms with Gasteiger partial charge in [0.15, 0.2) is 0 Å². The Morgan fingerprint density at radius 1 is 1.41 bits per heavy atom. The number of carboxylic acid groups (broad SMARTS) is 1. The number of ether oxygens (including phenoxy) is 1. The molecule has 22 heavy (non-hydrogen) atoms. The summed E-state index contributed by atoms with van der Waals surface area (Å²) in [6.45, 7) is 0.777. The minimum atomic E-state index is -0.865. The van der Waals surface area contributed by atoms with Crippen molar-refractivity contribution < 1.29 is 19.7 Å². The topological polar surface area (TPSA) is 70.0 Å². The molecule has 1 unspecified atom stereocenters. The van der Waals surface area contributed by atoms with Crippen LogP contribution in [0.3, 0.4) is 0 Å². The lowest BCUT2D eigenvalue weighted by Gasteiger charge is -2.37. The molecule has 1 aromatic rings. The van der Waals surface area contributed by atoms with Crippen LogP contribution in [0.5, 0.6) is 0 Å². The summed E-state index contributed by atoms with van der Waals surface area (Å²) in [6, 6.07) is 7.67. The zero-order chi connectivity index (χ0) is 15.9. The second-order valence-corrected chi connectivity index (χ2v) is 6.08. The molecule has 1 saturated carbocycles. The molecular formula is C16H22ClNO4. The van der Waals surface area contributed by atoms with Crippen molar-refractivity contribution in [2.75, 3.05) is 19.7 Å². The summed E-state index contributed by atoms with van der Waals surface area (Å²) in [5.41, 5.74) is 0.873. The summed E-state index contributed by atoms with van der Waals surface area (Å²) in [5, 5.41) is 19.6. The Morgan fingerprint density at radius 2 is 2.14 bits per heavy atom. The van der Waals surface area contributed by atoms with E-state index < -0.39 is 12.1 Å². The molecule has 6 heteroatoms. The van der Waals surface area contributed by atoms with Crippen LogP contribution >= 0.6 is 11.6 Å². The Bertz CT molecular complexity index is 493. The number of rotatable bonds is 9. The van der Waals surface area contributed by atoms with Crippen LogP contribution in [-0.2, 0) is 16.1 Å². The molecule has 1 aliphatic rings. The minimum absolute atomic E-state index is 0.0355. The maximum Gasteiger partial charge on any atom is 0.317 e. The van der Waals surface area contributed by atoms with Gasteiger partial charge in [0.25, 0.3) is 0 Å². The fourth-order valence-electron chi connectivity index (χ4n) is 2.51. The van der Waals surface area contributed by atoms with E-state index >= 15 is 0 Å². The molecule has 0 aliphatic heterocycles. The van der Waals surface area contributed by atoms with Crippen LogP contribution in [0.25, 0.3) is 0 Å². The molecule has 0 spiro atoms. The highest BCUT2D eigenvalue weighted by Gasteiger charge is 2.27. The largest absolute Gasteiger partial charge is 0.480 e. The number of aliphatic carboxylic acids is 1. The van der Waals surface area contributed by atoms with E-state index in [2.05, 4.69) is 0 Å². The lowest BCUT2D eigenvalue weighted by molar-refractivity contribution is -0.140. The van der Waals surface area contributed by atoms with Crippen LogP contribution in [0.15, 0.2) is 24.3 Å². The number of nitrogens with zero attached hydrogens (tertiary/aromatic N) is 1. The van der Waals surface area contributed by atoms with Crippen LogP contribution < -0.4 is 0 Å². The fraction of sp³-hybridized carbons (Fsp3) is 0.562. The second kappa shape index (κ2) is 8.48. The minimum Gasteiger partial charge on any atom is -0.480 e. The number of carbonyl (C=O) groups is 1. The van der Waals surface area contributed by atoms with E-state index in [1.54, 1.807) is 6.07 Å². The van der Waals surface area contributed by atoms with Gasteiger partial charge in [0.05, 0.1) is 25.9 Å². The van der Waals surface area contributed by atoms with Crippen LogP contribution in [0, 0.1) is 0 Å². The van der Waals surface area contributed by atoms with Crippen molar-refractivity contribution >= 4 is 17.6 Å². The van der Waals surface area contributed by atoms with E-state index in [-0.39, 0.29) is 19.2 Å². The predicted octanol–water partition coefficient (Wildman–Crippen LogP) is 2.16. The lowest BCUT2D eigenvalue weighted by Crippen LogP contribution is -2.47. The maximum atomic E-state index is 10.9. The van der Waals surface area contributed by atoms with Gasteiger partial charge in [0.2, 0.25) is 0 Å². The maximum absolute atomic E-state index is 10.9. The fourth-order valence-corrected chi connectivity index (χ4v) is 2.70. The van der Waals surface area contributed by atoms with Crippen molar-refractivity contribution in [2.45, 2.75) is 38.0 Å². The van der Waals surface area contributed by atoms with Crippen LogP contribution in [0.4, 0.5) is 0 Å². The smallest absolute Gasteiger partial charge is 0.317 e. The van der Waals surface area contributed by atoms with Crippen molar-refractivity contribution in [3.05, 3.63) is 34.9 Å². The lowest BCUT2D eigenvalue weighted by atomic mass is 9.91.